The number of carbonyl (C=O) groups is 1. The summed E-state index contributed by atoms with van der Waals surface area (Å²) < 4.78 is 4.58. The summed E-state index contributed by atoms with van der Waals surface area (Å²) in [6.45, 7) is 1.51. The Bertz CT molecular complexity index is 304. The summed E-state index contributed by atoms with van der Waals surface area (Å²) in [7, 11) is 0. The Morgan fingerprint density at radius 2 is 2.14 bits per heavy atom. The first kappa shape index (κ1) is 10.4. The van der Waals surface area contributed by atoms with E-state index < -0.39 is 18.3 Å². The van der Waals surface area contributed by atoms with Crippen LogP contribution in [0.5, 0.6) is 0 Å². The molecule has 1 heterocycles. The van der Waals surface area contributed by atoms with Crippen LogP contribution >= 0.6 is 0 Å². The molecule has 1 unspecified atom stereocenters. The minimum Gasteiger partial charge on any atom is -0.443 e. The van der Waals surface area contributed by atoms with E-state index in [4.69, 9.17) is 5.73 Å². The highest BCUT2D eigenvalue weighted by atomic mass is 16.6. The Labute approximate surface area is 80.7 Å². The zero-order valence-electron chi connectivity index (χ0n) is 7.62. The average molecular weight is 197 g/mol. The van der Waals surface area contributed by atoms with Gasteiger partial charge in [-0.25, -0.2) is 14.8 Å². The Kier molecular flexibility index (Phi) is 3.35. The molecule has 76 valence electrons. The Hall–Kier alpha value is -1.69. The first-order valence-corrected chi connectivity index (χ1v) is 4.02. The summed E-state index contributed by atoms with van der Waals surface area (Å²) in [5, 5.41) is 9.58. The van der Waals surface area contributed by atoms with Crippen LogP contribution in [-0.2, 0) is 4.74 Å². The molecule has 0 saturated carbocycles. The lowest BCUT2D eigenvalue weighted by atomic mass is 10.2. The van der Waals surface area contributed by atoms with Gasteiger partial charge < -0.3 is 15.6 Å². The number of hydrogen-bond acceptors (Lipinski definition) is 5. The molecule has 6 nitrogen and oxygen atoms in total. The second kappa shape index (κ2) is 4.52. The standard InChI is InChI=1S/C8H11N3O3/c1-5(14-8(9)13)6(12)7-10-3-2-4-11-7/h2-6,12H,1H3,(H2,9,13)/t5-,6?/m0/s1. The SMILES string of the molecule is C[C@H](OC(N)=O)C(O)c1ncccn1. The van der Waals surface area contributed by atoms with Crippen molar-refractivity contribution in [3.05, 3.63) is 24.3 Å². The molecule has 1 amide bonds. The average Bonchev–Trinajstić information content (AvgIpc) is 2.17. The van der Waals surface area contributed by atoms with Crippen LogP contribution in [0.25, 0.3) is 0 Å². The van der Waals surface area contributed by atoms with Crippen molar-refractivity contribution in [2.24, 2.45) is 5.73 Å². The number of hydrogen-bond donors (Lipinski definition) is 2. The molecule has 0 saturated heterocycles. The van der Waals surface area contributed by atoms with Gasteiger partial charge in [-0.15, -0.1) is 0 Å². The summed E-state index contributed by atoms with van der Waals surface area (Å²) >= 11 is 0. The third-order valence-electron chi connectivity index (χ3n) is 1.60. The molecule has 6 heteroatoms. The van der Waals surface area contributed by atoms with Gasteiger partial charge in [0.05, 0.1) is 0 Å². The second-order valence-corrected chi connectivity index (χ2v) is 2.69. The minimum absolute atomic E-state index is 0.196. The van der Waals surface area contributed by atoms with Crippen LogP contribution in [0.2, 0.25) is 0 Å². The molecule has 3 N–H and O–H groups in total. The molecule has 0 spiro atoms. The lowest BCUT2D eigenvalue weighted by Crippen LogP contribution is -2.26. The van der Waals surface area contributed by atoms with E-state index in [2.05, 4.69) is 14.7 Å². The van der Waals surface area contributed by atoms with E-state index >= 15 is 0 Å². The number of carbonyl (C=O) groups excluding carboxylic acids is 1. The van der Waals surface area contributed by atoms with Crippen molar-refractivity contribution >= 4 is 6.09 Å². The highest BCUT2D eigenvalue weighted by Crippen LogP contribution is 2.13. The molecule has 0 aliphatic heterocycles. The van der Waals surface area contributed by atoms with E-state index in [0.29, 0.717) is 0 Å². The number of nitrogens with two attached hydrogens (primary N) is 1. The molecule has 14 heavy (non-hydrogen) atoms. The topological polar surface area (TPSA) is 98.3 Å². The number of rotatable bonds is 3. The number of aromatic nitrogens is 2. The van der Waals surface area contributed by atoms with Gasteiger partial charge in [0.2, 0.25) is 0 Å². The first-order valence-electron chi connectivity index (χ1n) is 4.02. The second-order valence-electron chi connectivity index (χ2n) is 2.69. The molecular formula is C8H11N3O3. The maximum atomic E-state index is 10.4. The molecule has 0 bridgehead atoms. The van der Waals surface area contributed by atoms with Crippen molar-refractivity contribution < 1.29 is 14.6 Å². The predicted octanol–water partition coefficient (Wildman–Crippen LogP) is -0.00620. The van der Waals surface area contributed by atoms with E-state index in [9.17, 15) is 9.90 Å². The number of amides is 1. The zero-order valence-corrected chi connectivity index (χ0v) is 7.62. The molecule has 0 radical (unpaired) electrons. The predicted molar refractivity (Wildman–Crippen MR) is 47.1 cm³/mol. The van der Waals surface area contributed by atoms with E-state index in [1.165, 1.54) is 19.3 Å². The van der Waals surface area contributed by atoms with Crippen LogP contribution in [0.4, 0.5) is 4.79 Å². The van der Waals surface area contributed by atoms with E-state index in [1.807, 2.05) is 0 Å². The van der Waals surface area contributed by atoms with E-state index in [1.54, 1.807) is 6.07 Å². The summed E-state index contributed by atoms with van der Waals surface area (Å²) in [5.41, 5.74) is 4.80. The van der Waals surface area contributed by atoms with Crippen molar-refractivity contribution in [3.8, 4) is 0 Å². The number of aliphatic hydroxyl groups is 1. The number of ether oxygens (including phenoxy) is 1. The highest BCUT2D eigenvalue weighted by Gasteiger charge is 2.21. The van der Waals surface area contributed by atoms with Crippen molar-refractivity contribution in [2.75, 3.05) is 0 Å². The third kappa shape index (κ3) is 2.67. The first-order chi connectivity index (χ1) is 6.61. The fourth-order valence-electron chi connectivity index (χ4n) is 0.921. The van der Waals surface area contributed by atoms with Crippen LogP contribution in [0.15, 0.2) is 18.5 Å². The molecule has 0 aliphatic carbocycles. The smallest absolute Gasteiger partial charge is 0.404 e. The maximum Gasteiger partial charge on any atom is 0.404 e. The summed E-state index contributed by atoms with van der Waals surface area (Å²) in [5.74, 6) is 0.196. The number of aliphatic hydroxyl groups excluding tert-OH is 1. The summed E-state index contributed by atoms with van der Waals surface area (Å²) in [4.78, 5) is 18.0. The van der Waals surface area contributed by atoms with Gasteiger partial charge >= 0.3 is 6.09 Å². The zero-order chi connectivity index (χ0) is 10.6. The van der Waals surface area contributed by atoms with Crippen LogP contribution in [0, 0.1) is 0 Å². The molecule has 1 rings (SSSR count). The van der Waals surface area contributed by atoms with Gasteiger partial charge in [-0.1, -0.05) is 0 Å². The normalized spacial score (nSPS) is 14.4. The van der Waals surface area contributed by atoms with Crippen molar-refractivity contribution in [2.45, 2.75) is 19.1 Å². The van der Waals surface area contributed by atoms with Crippen LogP contribution in [-0.4, -0.2) is 27.3 Å². The Morgan fingerprint density at radius 1 is 1.57 bits per heavy atom. The molecule has 0 aliphatic rings. The summed E-state index contributed by atoms with van der Waals surface area (Å²) in [6.07, 6.45) is 0.205. The van der Waals surface area contributed by atoms with Gasteiger partial charge in [-0.05, 0) is 13.0 Å². The summed E-state index contributed by atoms with van der Waals surface area (Å²) in [6, 6.07) is 1.62. The van der Waals surface area contributed by atoms with Gasteiger partial charge in [0.15, 0.2) is 11.9 Å². The van der Waals surface area contributed by atoms with Gasteiger partial charge in [0.1, 0.15) is 6.10 Å². The highest BCUT2D eigenvalue weighted by molar-refractivity contribution is 5.64. The Morgan fingerprint density at radius 3 is 2.64 bits per heavy atom. The quantitative estimate of drug-likeness (QED) is 0.710. The van der Waals surface area contributed by atoms with Crippen molar-refractivity contribution in [1.29, 1.82) is 0 Å². The van der Waals surface area contributed by atoms with Gasteiger partial charge in [-0.2, -0.15) is 0 Å². The molecule has 1 aromatic rings. The monoisotopic (exact) mass is 197 g/mol. The van der Waals surface area contributed by atoms with E-state index in [0.717, 1.165) is 0 Å². The van der Waals surface area contributed by atoms with Gasteiger partial charge in [0.25, 0.3) is 0 Å². The van der Waals surface area contributed by atoms with Gasteiger partial charge in [-0.3, -0.25) is 0 Å². The van der Waals surface area contributed by atoms with E-state index in [-0.39, 0.29) is 5.82 Å². The van der Waals surface area contributed by atoms with Crippen LogP contribution in [0.3, 0.4) is 0 Å². The lowest BCUT2D eigenvalue weighted by molar-refractivity contribution is 0.0112. The maximum absolute atomic E-state index is 10.4. The molecule has 1 aromatic heterocycles. The van der Waals surface area contributed by atoms with Gasteiger partial charge in [0, 0.05) is 12.4 Å². The minimum atomic E-state index is -1.07. The molecule has 0 fully saturated rings. The largest absolute Gasteiger partial charge is 0.443 e. The third-order valence-corrected chi connectivity index (χ3v) is 1.60. The fourth-order valence-corrected chi connectivity index (χ4v) is 0.921. The van der Waals surface area contributed by atoms with Crippen molar-refractivity contribution in [1.82, 2.24) is 9.97 Å². The lowest BCUT2D eigenvalue weighted by Gasteiger charge is -2.16. The van der Waals surface area contributed by atoms with Crippen LogP contribution < -0.4 is 5.73 Å². The molecule has 2 atom stereocenters. The molecule has 0 aromatic carbocycles. The fraction of sp³-hybridized carbons (Fsp3) is 0.375. The number of nitrogens with zero attached hydrogens (tertiary/aromatic N) is 2. The number of primary amides is 1. The Balaban J connectivity index is 2.65. The molecular weight excluding hydrogens is 186 g/mol. The van der Waals surface area contributed by atoms with Crippen molar-refractivity contribution in [3.63, 3.8) is 0 Å². The van der Waals surface area contributed by atoms with Crippen LogP contribution in [0.1, 0.15) is 18.9 Å².